The summed E-state index contributed by atoms with van der Waals surface area (Å²) in [6, 6.07) is 11.8. The number of rotatable bonds is 7. The molecule has 6 rings (SSSR count). The average molecular weight is 523 g/mol. The number of carbonyl (C=O) groups excluding carboxylic acids is 1. The largest absolute Gasteiger partial charge is 0.478 e. The van der Waals surface area contributed by atoms with E-state index in [4.69, 9.17) is 10.1 Å². The molecule has 0 atom stereocenters. The Labute approximate surface area is 227 Å². The SMILES string of the molecule is C=Cc1c(C2CCCC2)c2ccc(C(=O)NC3(c4nc5ccc(/C=C/C(=O)O)cc5n4C)CCC3)cc2n1C. The highest BCUT2D eigenvalue weighted by Gasteiger charge is 2.44. The number of benzene rings is 2. The van der Waals surface area contributed by atoms with Crippen LogP contribution in [0.1, 0.15) is 83.9 Å². The molecule has 0 radical (unpaired) electrons. The number of amides is 1. The summed E-state index contributed by atoms with van der Waals surface area (Å²) in [6.07, 6.45) is 12.3. The smallest absolute Gasteiger partial charge is 0.328 e. The van der Waals surface area contributed by atoms with E-state index in [0.717, 1.165) is 59.0 Å². The lowest BCUT2D eigenvalue weighted by Crippen LogP contribution is -2.52. The number of carboxylic acids is 1. The van der Waals surface area contributed by atoms with Crippen molar-refractivity contribution >= 4 is 46.0 Å². The first kappa shape index (κ1) is 25.2. The van der Waals surface area contributed by atoms with Gasteiger partial charge in [0.1, 0.15) is 5.82 Å². The molecule has 2 aromatic heterocycles. The van der Waals surface area contributed by atoms with E-state index in [1.54, 1.807) is 6.08 Å². The summed E-state index contributed by atoms with van der Waals surface area (Å²) in [5.74, 6) is 0.296. The van der Waals surface area contributed by atoms with E-state index < -0.39 is 11.5 Å². The number of aliphatic carboxylic acids is 1. The zero-order valence-corrected chi connectivity index (χ0v) is 22.5. The predicted molar refractivity (Wildman–Crippen MR) is 155 cm³/mol. The average Bonchev–Trinajstić information content (AvgIpc) is 3.62. The molecule has 2 saturated carbocycles. The lowest BCUT2D eigenvalue weighted by molar-refractivity contribution is -0.131. The van der Waals surface area contributed by atoms with Gasteiger partial charge in [-0.05, 0) is 85.6 Å². The predicted octanol–water partition coefficient (Wildman–Crippen LogP) is 6.27. The van der Waals surface area contributed by atoms with Crippen molar-refractivity contribution in [2.24, 2.45) is 14.1 Å². The maximum atomic E-state index is 13.7. The number of aromatic nitrogens is 3. The highest BCUT2D eigenvalue weighted by atomic mass is 16.4. The number of nitrogens with one attached hydrogen (secondary N) is 1. The molecule has 0 aliphatic heterocycles. The van der Waals surface area contributed by atoms with Gasteiger partial charge in [-0.25, -0.2) is 9.78 Å². The number of aryl methyl sites for hydroxylation is 2. The van der Waals surface area contributed by atoms with Crippen LogP contribution in [-0.2, 0) is 24.4 Å². The zero-order chi connectivity index (χ0) is 27.3. The third-order valence-corrected chi connectivity index (χ3v) is 8.82. The minimum absolute atomic E-state index is 0.0995. The van der Waals surface area contributed by atoms with Crippen molar-refractivity contribution < 1.29 is 14.7 Å². The Balaban J connectivity index is 1.33. The topological polar surface area (TPSA) is 89.2 Å². The van der Waals surface area contributed by atoms with Crippen LogP contribution in [0.3, 0.4) is 0 Å². The van der Waals surface area contributed by atoms with Crippen LogP contribution in [0, 0.1) is 0 Å². The van der Waals surface area contributed by atoms with E-state index in [9.17, 15) is 9.59 Å². The molecule has 2 aliphatic rings. The Bertz CT molecular complexity index is 1660. The molecule has 2 aromatic carbocycles. The van der Waals surface area contributed by atoms with Gasteiger partial charge in [-0.3, -0.25) is 4.79 Å². The van der Waals surface area contributed by atoms with Crippen LogP contribution in [0.5, 0.6) is 0 Å². The quantitative estimate of drug-likeness (QED) is 0.280. The molecule has 7 heteroatoms. The molecule has 2 heterocycles. The number of hydrogen-bond acceptors (Lipinski definition) is 3. The van der Waals surface area contributed by atoms with Gasteiger partial charge >= 0.3 is 5.97 Å². The molecule has 2 fully saturated rings. The third kappa shape index (κ3) is 4.17. The Morgan fingerprint density at radius 2 is 1.82 bits per heavy atom. The van der Waals surface area contributed by atoms with Crippen LogP contribution < -0.4 is 5.32 Å². The number of carboxylic acid groups (broad SMARTS) is 1. The second-order valence-electron chi connectivity index (χ2n) is 11.1. The van der Waals surface area contributed by atoms with E-state index in [2.05, 4.69) is 29.6 Å². The number of nitrogens with zero attached hydrogens (tertiary/aromatic N) is 3. The van der Waals surface area contributed by atoms with Gasteiger partial charge in [0, 0.05) is 42.3 Å². The maximum absolute atomic E-state index is 13.7. The molecular weight excluding hydrogens is 488 g/mol. The number of carbonyl (C=O) groups is 2. The highest BCUT2D eigenvalue weighted by molar-refractivity contribution is 6.00. The van der Waals surface area contributed by atoms with Gasteiger partial charge in [0.25, 0.3) is 5.91 Å². The molecule has 0 spiro atoms. The third-order valence-electron chi connectivity index (χ3n) is 8.82. The highest BCUT2D eigenvalue weighted by Crippen LogP contribution is 2.43. The van der Waals surface area contributed by atoms with Crippen LogP contribution in [0.2, 0.25) is 0 Å². The van der Waals surface area contributed by atoms with Crippen molar-refractivity contribution in [1.82, 2.24) is 19.4 Å². The standard InChI is InChI=1S/C32H34N4O3/c1-4-25-29(21-8-5-6-9-21)23-13-12-22(19-26(23)35(25)2)30(39)34-32(16-7-17-32)31-33-24-14-10-20(11-15-28(37)38)18-27(24)36(31)3/h4,10-15,18-19,21H,1,5-9,16-17H2,2-3H3,(H,34,39)(H,37,38)/b15-11+. The molecule has 4 aromatic rings. The lowest BCUT2D eigenvalue weighted by Gasteiger charge is -2.41. The van der Waals surface area contributed by atoms with Crippen molar-refractivity contribution in [3.63, 3.8) is 0 Å². The van der Waals surface area contributed by atoms with Gasteiger partial charge in [0.15, 0.2) is 0 Å². The summed E-state index contributed by atoms with van der Waals surface area (Å²) in [5, 5.41) is 13.5. The van der Waals surface area contributed by atoms with Crippen molar-refractivity contribution in [3.8, 4) is 0 Å². The molecule has 0 saturated heterocycles. The molecule has 0 unspecified atom stereocenters. The Morgan fingerprint density at radius 3 is 2.49 bits per heavy atom. The molecule has 2 N–H and O–H groups in total. The van der Waals surface area contributed by atoms with Gasteiger partial charge < -0.3 is 19.6 Å². The zero-order valence-electron chi connectivity index (χ0n) is 22.5. The molecule has 7 nitrogen and oxygen atoms in total. The summed E-state index contributed by atoms with van der Waals surface area (Å²) in [4.78, 5) is 29.5. The Hall–Kier alpha value is -4.13. The van der Waals surface area contributed by atoms with Crippen LogP contribution in [0.15, 0.2) is 49.1 Å². The molecule has 2 aliphatic carbocycles. The number of fused-ring (bicyclic) bond motifs is 2. The summed E-state index contributed by atoms with van der Waals surface area (Å²) in [7, 11) is 4.02. The van der Waals surface area contributed by atoms with Crippen molar-refractivity contribution in [2.45, 2.75) is 56.4 Å². The summed E-state index contributed by atoms with van der Waals surface area (Å²) in [5.41, 5.74) is 6.21. The summed E-state index contributed by atoms with van der Waals surface area (Å²) in [6.45, 7) is 4.09. The van der Waals surface area contributed by atoms with Crippen LogP contribution in [0.25, 0.3) is 34.1 Å². The second-order valence-corrected chi connectivity index (χ2v) is 11.1. The first-order valence-electron chi connectivity index (χ1n) is 13.8. The Kier molecular flexibility index (Phi) is 6.17. The summed E-state index contributed by atoms with van der Waals surface area (Å²) >= 11 is 0. The van der Waals surface area contributed by atoms with Crippen molar-refractivity contribution in [1.29, 1.82) is 0 Å². The van der Waals surface area contributed by atoms with E-state index in [-0.39, 0.29) is 5.91 Å². The van der Waals surface area contributed by atoms with Crippen LogP contribution in [-0.4, -0.2) is 31.1 Å². The van der Waals surface area contributed by atoms with Gasteiger partial charge in [-0.2, -0.15) is 0 Å². The Morgan fingerprint density at radius 1 is 1.05 bits per heavy atom. The first-order chi connectivity index (χ1) is 18.8. The lowest BCUT2D eigenvalue weighted by atomic mass is 9.75. The van der Waals surface area contributed by atoms with Crippen LogP contribution >= 0.6 is 0 Å². The van der Waals surface area contributed by atoms with E-state index >= 15 is 0 Å². The normalized spacial score (nSPS) is 17.2. The van der Waals surface area contributed by atoms with E-state index in [0.29, 0.717) is 11.5 Å². The monoisotopic (exact) mass is 522 g/mol. The molecule has 0 bridgehead atoms. The number of hydrogen-bond donors (Lipinski definition) is 2. The fourth-order valence-electron chi connectivity index (χ4n) is 6.65. The van der Waals surface area contributed by atoms with Gasteiger partial charge in [0.2, 0.25) is 0 Å². The molecular formula is C32H34N4O3. The fraction of sp³-hybridized carbons (Fsp3) is 0.344. The summed E-state index contributed by atoms with van der Waals surface area (Å²) < 4.78 is 4.20. The van der Waals surface area contributed by atoms with Crippen molar-refractivity contribution in [2.75, 3.05) is 0 Å². The fourth-order valence-corrected chi connectivity index (χ4v) is 6.65. The first-order valence-corrected chi connectivity index (χ1v) is 13.8. The van der Waals surface area contributed by atoms with Gasteiger partial charge in [-0.15, -0.1) is 0 Å². The molecule has 39 heavy (non-hydrogen) atoms. The number of imidazole rings is 1. The maximum Gasteiger partial charge on any atom is 0.328 e. The van der Waals surface area contributed by atoms with Gasteiger partial charge in [-0.1, -0.05) is 31.6 Å². The van der Waals surface area contributed by atoms with E-state index in [1.165, 1.54) is 36.6 Å². The van der Waals surface area contributed by atoms with Crippen LogP contribution in [0.4, 0.5) is 0 Å². The van der Waals surface area contributed by atoms with Gasteiger partial charge in [0.05, 0.1) is 16.6 Å². The van der Waals surface area contributed by atoms with Crippen molar-refractivity contribution in [3.05, 3.63) is 77.3 Å². The molecule has 200 valence electrons. The minimum Gasteiger partial charge on any atom is -0.478 e. The van der Waals surface area contributed by atoms with E-state index in [1.807, 2.05) is 48.0 Å². The molecule has 1 amide bonds. The minimum atomic E-state index is -0.985. The second kappa shape index (κ2) is 9.56.